The highest BCUT2D eigenvalue weighted by Gasteiger charge is 2.21. The molecule has 0 fully saturated rings. The number of nitrogens with one attached hydrogen (secondary N) is 2. The number of carbonyl (C=O) groups is 1. The van der Waals surface area contributed by atoms with Crippen molar-refractivity contribution in [3.05, 3.63) is 77.3 Å². The molecule has 0 aliphatic carbocycles. The first-order valence-corrected chi connectivity index (χ1v) is 13.7. The van der Waals surface area contributed by atoms with Gasteiger partial charge in [-0.3, -0.25) is 9.52 Å². The molecule has 0 aliphatic heterocycles. The summed E-state index contributed by atoms with van der Waals surface area (Å²) in [4.78, 5) is 21.6. The van der Waals surface area contributed by atoms with E-state index in [-0.39, 0.29) is 22.3 Å². The molecule has 0 atom stereocenters. The quantitative estimate of drug-likeness (QED) is 0.166. The summed E-state index contributed by atoms with van der Waals surface area (Å²) in [5.74, 6) is 0.529. The van der Waals surface area contributed by atoms with E-state index in [1.165, 1.54) is 25.3 Å². The van der Waals surface area contributed by atoms with Gasteiger partial charge < -0.3 is 14.8 Å². The van der Waals surface area contributed by atoms with E-state index in [9.17, 15) is 13.2 Å². The molecule has 2 N–H and O–H groups in total. The number of Topliss-reactive ketones (excluding diaryl/α,β-unsaturated/α-hetero) is 1. The molecule has 0 saturated carbocycles. The van der Waals surface area contributed by atoms with E-state index in [2.05, 4.69) is 20.0 Å². The maximum Gasteiger partial charge on any atom is 0.263 e. The number of aromatic nitrogens is 2. The van der Waals surface area contributed by atoms with Gasteiger partial charge in [-0.2, -0.15) is 0 Å². The number of rotatable bonds is 12. The molecule has 1 heterocycles. The van der Waals surface area contributed by atoms with Crippen molar-refractivity contribution in [1.29, 1.82) is 0 Å². The molecule has 4 aromatic rings. The number of anilines is 3. The molecule has 4 rings (SSSR count). The smallest absolute Gasteiger partial charge is 0.263 e. The van der Waals surface area contributed by atoms with Gasteiger partial charge in [0.2, 0.25) is 0 Å². The molecular weight excluding hydrogens is 528 g/mol. The molecule has 0 spiro atoms. The Kier molecular flexibility index (Phi) is 8.77. The number of ketones is 1. The zero-order valence-electron chi connectivity index (χ0n) is 20.9. The first kappa shape index (κ1) is 27.3. The van der Waals surface area contributed by atoms with Crippen LogP contribution in [0.1, 0.15) is 29.6 Å². The van der Waals surface area contributed by atoms with Gasteiger partial charge in [0, 0.05) is 31.8 Å². The predicted molar refractivity (Wildman–Crippen MR) is 148 cm³/mol. The van der Waals surface area contributed by atoms with Crippen molar-refractivity contribution < 1.29 is 22.7 Å². The summed E-state index contributed by atoms with van der Waals surface area (Å²) in [7, 11) is -0.992. The minimum absolute atomic E-state index is 0.0288. The van der Waals surface area contributed by atoms with Crippen molar-refractivity contribution in [2.45, 2.75) is 24.2 Å². The van der Waals surface area contributed by atoms with E-state index in [4.69, 9.17) is 21.1 Å². The summed E-state index contributed by atoms with van der Waals surface area (Å²) in [6.45, 7) is 0.565. The fourth-order valence-corrected chi connectivity index (χ4v) is 4.93. The molecule has 9 nitrogen and oxygen atoms in total. The van der Waals surface area contributed by atoms with Crippen LogP contribution in [0.5, 0.6) is 5.75 Å². The maximum atomic E-state index is 13.4. The van der Waals surface area contributed by atoms with E-state index in [0.717, 1.165) is 6.42 Å². The van der Waals surface area contributed by atoms with Gasteiger partial charge in [-0.05, 0) is 49.2 Å². The van der Waals surface area contributed by atoms with Crippen LogP contribution in [0.3, 0.4) is 0 Å². The van der Waals surface area contributed by atoms with Gasteiger partial charge in [0.25, 0.3) is 10.0 Å². The Bertz CT molecular complexity index is 1560. The van der Waals surface area contributed by atoms with Gasteiger partial charge >= 0.3 is 0 Å². The number of carbonyl (C=O) groups excluding carboxylic acids is 1. The third kappa shape index (κ3) is 6.58. The Labute approximate surface area is 226 Å². The Morgan fingerprint density at radius 2 is 1.66 bits per heavy atom. The molecule has 0 radical (unpaired) electrons. The average molecular weight is 555 g/mol. The summed E-state index contributed by atoms with van der Waals surface area (Å²) in [5.41, 5.74) is 1.82. The van der Waals surface area contributed by atoms with Gasteiger partial charge in [0.15, 0.2) is 17.4 Å². The standard InChI is InChI=1S/C27H27ClN4O5S/c1-36-15-6-5-12-25(33)18-8-7-9-20(16-18)38(34,35)32-27-26(29-22-10-3-4-11-23(22)30-27)31-24-17-19(37-2)13-14-21(24)28/h3-4,7-11,13-14,16-17H,5-6,12,15H2,1-2H3,(H,29,31)(H,30,32). The van der Waals surface area contributed by atoms with Crippen molar-refractivity contribution >= 4 is 55.8 Å². The van der Waals surface area contributed by atoms with E-state index >= 15 is 0 Å². The largest absolute Gasteiger partial charge is 0.497 e. The number of hydrogen-bond acceptors (Lipinski definition) is 8. The van der Waals surface area contributed by atoms with E-state index in [0.29, 0.717) is 52.5 Å². The molecular formula is C27H27ClN4O5S. The highest BCUT2D eigenvalue weighted by Crippen LogP contribution is 2.32. The number of para-hydroxylation sites is 2. The zero-order chi connectivity index (χ0) is 27.1. The van der Waals surface area contributed by atoms with E-state index in [1.807, 2.05) is 0 Å². The van der Waals surface area contributed by atoms with Crippen molar-refractivity contribution in [2.75, 3.05) is 30.9 Å². The number of fused-ring (bicyclic) bond motifs is 1. The molecule has 1 aromatic heterocycles. The summed E-state index contributed by atoms with van der Waals surface area (Å²) >= 11 is 6.36. The summed E-state index contributed by atoms with van der Waals surface area (Å²) in [6.07, 6.45) is 1.69. The van der Waals surface area contributed by atoms with E-state index in [1.54, 1.807) is 55.6 Å². The molecule has 11 heteroatoms. The highest BCUT2D eigenvalue weighted by atomic mass is 35.5. The fourth-order valence-electron chi connectivity index (χ4n) is 3.71. The first-order valence-electron chi connectivity index (χ1n) is 11.8. The Hall–Kier alpha value is -3.73. The molecule has 0 aliphatic rings. The van der Waals surface area contributed by atoms with Crippen LogP contribution < -0.4 is 14.8 Å². The number of nitrogens with zero attached hydrogens (tertiary/aromatic N) is 2. The maximum absolute atomic E-state index is 13.4. The lowest BCUT2D eigenvalue weighted by atomic mass is 10.1. The second kappa shape index (κ2) is 12.2. The lowest BCUT2D eigenvalue weighted by Gasteiger charge is -2.15. The van der Waals surface area contributed by atoms with Crippen LogP contribution in [0.25, 0.3) is 11.0 Å². The molecule has 0 unspecified atom stereocenters. The minimum Gasteiger partial charge on any atom is -0.497 e. The second-order valence-electron chi connectivity index (χ2n) is 8.39. The molecule has 3 aromatic carbocycles. The number of benzene rings is 3. The van der Waals surface area contributed by atoms with Crippen LogP contribution in [0.15, 0.2) is 71.6 Å². The normalized spacial score (nSPS) is 11.3. The van der Waals surface area contributed by atoms with Crippen molar-refractivity contribution in [3.8, 4) is 5.75 Å². The SMILES string of the molecule is COCCCCC(=O)c1cccc(S(=O)(=O)Nc2nc3ccccc3nc2Nc2cc(OC)ccc2Cl)c1. The lowest BCUT2D eigenvalue weighted by Crippen LogP contribution is -2.16. The number of unbranched alkanes of at least 4 members (excludes halogenated alkanes) is 1. The van der Waals surface area contributed by atoms with Crippen LogP contribution in [0, 0.1) is 0 Å². The monoisotopic (exact) mass is 554 g/mol. The number of hydrogen-bond donors (Lipinski definition) is 2. The van der Waals surface area contributed by atoms with Gasteiger partial charge in [0.05, 0.1) is 33.7 Å². The number of ether oxygens (including phenoxy) is 2. The summed E-state index contributed by atoms with van der Waals surface area (Å²) in [5, 5.41) is 3.45. The predicted octanol–water partition coefficient (Wildman–Crippen LogP) is 5.84. The number of sulfonamides is 1. The Morgan fingerprint density at radius 1 is 0.921 bits per heavy atom. The number of halogens is 1. The van der Waals surface area contributed by atoms with Gasteiger partial charge in [-0.15, -0.1) is 0 Å². The molecule has 0 amide bonds. The molecule has 0 bridgehead atoms. The molecule has 198 valence electrons. The second-order valence-corrected chi connectivity index (χ2v) is 10.5. The van der Waals surface area contributed by atoms with Gasteiger partial charge in [0.1, 0.15) is 5.75 Å². The lowest BCUT2D eigenvalue weighted by molar-refractivity contribution is 0.0974. The first-order chi connectivity index (χ1) is 18.3. The summed E-state index contributed by atoms with van der Waals surface area (Å²) in [6, 6.07) is 18.0. The third-order valence-electron chi connectivity index (χ3n) is 5.70. The average Bonchev–Trinajstić information content (AvgIpc) is 2.92. The van der Waals surface area contributed by atoms with E-state index < -0.39 is 10.0 Å². The Balaban J connectivity index is 1.66. The van der Waals surface area contributed by atoms with Crippen molar-refractivity contribution in [3.63, 3.8) is 0 Å². The highest BCUT2D eigenvalue weighted by molar-refractivity contribution is 7.92. The van der Waals surface area contributed by atoms with Crippen LogP contribution in [0.4, 0.5) is 17.3 Å². The van der Waals surface area contributed by atoms with Crippen LogP contribution in [-0.4, -0.2) is 45.0 Å². The van der Waals surface area contributed by atoms with Crippen LogP contribution in [-0.2, 0) is 14.8 Å². The fraction of sp³-hybridized carbons (Fsp3) is 0.222. The molecule has 38 heavy (non-hydrogen) atoms. The zero-order valence-corrected chi connectivity index (χ0v) is 22.5. The van der Waals surface area contributed by atoms with Crippen molar-refractivity contribution in [2.24, 2.45) is 0 Å². The molecule has 0 saturated heterocycles. The minimum atomic E-state index is -4.13. The third-order valence-corrected chi connectivity index (χ3v) is 7.36. The van der Waals surface area contributed by atoms with Crippen LogP contribution in [0.2, 0.25) is 5.02 Å². The number of methoxy groups -OCH3 is 2. The van der Waals surface area contributed by atoms with Gasteiger partial charge in [-0.1, -0.05) is 35.9 Å². The summed E-state index contributed by atoms with van der Waals surface area (Å²) < 4.78 is 39.6. The topological polar surface area (TPSA) is 120 Å². The van der Waals surface area contributed by atoms with Gasteiger partial charge in [-0.25, -0.2) is 18.4 Å². The van der Waals surface area contributed by atoms with Crippen molar-refractivity contribution in [1.82, 2.24) is 9.97 Å². The van der Waals surface area contributed by atoms with Crippen LogP contribution >= 0.6 is 11.6 Å². The Morgan fingerprint density at radius 3 is 2.37 bits per heavy atom.